The van der Waals surface area contributed by atoms with E-state index in [4.69, 9.17) is 21.7 Å². The summed E-state index contributed by atoms with van der Waals surface area (Å²) in [6, 6.07) is 8.45. The van der Waals surface area contributed by atoms with Gasteiger partial charge in [0, 0.05) is 30.6 Å². The third-order valence-corrected chi connectivity index (χ3v) is 7.92. The van der Waals surface area contributed by atoms with Gasteiger partial charge in [-0.15, -0.1) is 0 Å². The van der Waals surface area contributed by atoms with Crippen molar-refractivity contribution < 1.29 is 14.7 Å². The van der Waals surface area contributed by atoms with Crippen LogP contribution in [0.1, 0.15) is 44.1 Å². The standard InChI is InChI=1S/C29H34ClN5O3/c30-25-18-31-29(33-27(25)23-8-4-7-22(17-23)20-5-2-1-3-6-20)32-24-11-15-35(16-12-24)28(38)21-9-13-34(14-10-21)19-26(36)37/h2,4-8,17-18,21,24H,1,3,9-16,19H2,(H,36,37)(H,31,32,33). The van der Waals surface area contributed by atoms with Crippen LogP contribution in [0.4, 0.5) is 5.95 Å². The Kier molecular flexibility index (Phi) is 8.39. The number of amides is 1. The summed E-state index contributed by atoms with van der Waals surface area (Å²) in [6.07, 6.45) is 13.5. The Bertz CT molecular complexity index is 1230. The lowest BCUT2D eigenvalue weighted by atomic mass is 9.94. The molecule has 2 aliphatic heterocycles. The number of nitrogens with zero attached hydrogens (tertiary/aromatic N) is 4. The second-order valence-electron chi connectivity index (χ2n) is 10.3. The third-order valence-electron chi connectivity index (χ3n) is 7.64. The Hall–Kier alpha value is -3.23. The molecule has 0 spiro atoms. The number of rotatable bonds is 7. The van der Waals surface area contributed by atoms with Crippen molar-refractivity contribution in [3.8, 4) is 11.3 Å². The molecule has 0 atom stereocenters. The Balaban J connectivity index is 1.17. The number of carboxylic acids is 1. The number of aromatic nitrogens is 2. The van der Waals surface area contributed by atoms with Gasteiger partial charge in [-0.1, -0.05) is 48.0 Å². The van der Waals surface area contributed by atoms with E-state index >= 15 is 0 Å². The Labute approximate surface area is 228 Å². The second kappa shape index (κ2) is 12.1. The summed E-state index contributed by atoms with van der Waals surface area (Å²) in [7, 11) is 0. The normalized spacial score (nSPS) is 19.3. The summed E-state index contributed by atoms with van der Waals surface area (Å²) in [6.45, 7) is 2.75. The van der Waals surface area contributed by atoms with E-state index < -0.39 is 5.97 Å². The highest BCUT2D eigenvalue weighted by Gasteiger charge is 2.31. The fourth-order valence-electron chi connectivity index (χ4n) is 5.53. The number of hydrogen-bond acceptors (Lipinski definition) is 6. The number of hydrogen-bond donors (Lipinski definition) is 2. The molecule has 5 rings (SSSR count). The van der Waals surface area contributed by atoms with Gasteiger partial charge in [-0.2, -0.15) is 0 Å². The summed E-state index contributed by atoms with van der Waals surface area (Å²) in [4.78, 5) is 37.0. The van der Waals surface area contributed by atoms with Gasteiger partial charge in [-0.25, -0.2) is 9.97 Å². The number of nitrogens with one attached hydrogen (secondary N) is 1. The van der Waals surface area contributed by atoms with Crippen LogP contribution in [0, 0.1) is 5.92 Å². The van der Waals surface area contributed by atoms with Crippen molar-refractivity contribution in [2.24, 2.45) is 5.92 Å². The summed E-state index contributed by atoms with van der Waals surface area (Å²) < 4.78 is 0. The van der Waals surface area contributed by atoms with Gasteiger partial charge >= 0.3 is 5.97 Å². The van der Waals surface area contributed by atoms with Gasteiger partial charge in [0.15, 0.2) is 0 Å². The van der Waals surface area contributed by atoms with Gasteiger partial charge in [-0.05, 0) is 68.8 Å². The lowest BCUT2D eigenvalue weighted by molar-refractivity contribution is -0.140. The highest BCUT2D eigenvalue weighted by molar-refractivity contribution is 6.32. The van der Waals surface area contributed by atoms with Crippen LogP contribution >= 0.6 is 11.6 Å². The van der Waals surface area contributed by atoms with E-state index in [1.807, 2.05) is 21.9 Å². The van der Waals surface area contributed by atoms with Crippen LogP contribution in [0.5, 0.6) is 0 Å². The number of carbonyl (C=O) groups excluding carboxylic acids is 1. The minimum Gasteiger partial charge on any atom is -0.480 e. The molecule has 1 aromatic heterocycles. The van der Waals surface area contributed by atoms with Gasteiger partial charge in [-0.3, -0.25) is 14.5 Å². The number of carboxylic acid groups (broad SMARTS) is 1. The van der Waals surface area contributed by atoms with Crippen molar-refractivity contribution in [1.82, 2.24) is 19.8 Å². The molecule has 0 unspecified atom stereocenters. The topological polar surface area (TPSA) is 98.7 Å². The largest absolute Gasteiger partial charge is 0.480 e. The monoisotopic (exact) mass is 535 g/mol. The fourth-order valence-corrected chi connectivity index (χ4v) is 5.73. The Morgan fingerprint density at radius 3 is 2.53 bits per heavy atom. The Morgan fingerprint density at radius 2 is 1.82 bits per heavy atom. The maximum atomic E-state index is 13.1. The maximum Gasteiger partial charge on any atom is 0.317 e. The van der Waals surface area contributed by atoms with Crippen molar-refractivity contribution in [1.29, 1.82) is 0 Å². The molecule has 200 valence electrons. The van der Waals surface area contributed by atoms with Gasteiger partial charge in [0.2, 0.25) is 11.9 Å². The summed E-state index contributed by atoms with van der Waals surface area (Å²) in [5, 5.41) is 12.9. The first-order valence-electron chi connectivity index (χ1n) is 13.5. The molecule has 8 nitrogen and oxygen atoms in total. The summed E-state index contributed by atoms with van der Waals surface area (Å²) in [5.74, 6) is -0.0834. The quantitative estimate of drug-likeness (QED) is 0.529. The highest BCUT2D eigenvalue weighted by Crippen LogP contribution is 2.30. The Morgan fingerprint density at radius 1 is 1.05 bits per heavy atom. The summed E-state index contributed by atoms with van der Waals surface area (Å²) in [5.41, 5.74) is 4.02. The van der Waals surface area contributed by atoms with Crippen molar-refractivity contribution >= 4 is 35.0 Å². The molecule has 3 aliphatic rings. The fraction of sp³-hybridized carbons (Fsp3) is 0.448. The molecule has 2 saturated heterocycles. The number of piperidine rings is 2. The zero-order chi connectivity index (χ0) is 26.5. The molecule has 1 amide bonds. The van der Waals surface area contributed by atoms with Crippen LogP contribution < -0.4 is 5.32 Å². The molecule has 0 bridgehead atoms. The van der Waals surface area contributed by atoms with Crippen molar-refractivity contribution in [3.63, 3.8) is 0 Å². The predicted molar refractivity (Wildman–Crippen MR) is 149 cm³/mol. The smallest absolute Gasteiger partial charge is 0.317 e. The molecule has 2 N–H and O–H groups in total. The number of allylic oxidation sites excluding steroid dienone is 4. The predicted octanol–water partition coefficient (Wildman–Crippen LogP) is 4.73. The first kappa shape index (κ1) is 26.4. The van der Waals surface area contributed by atoms with Gasteiger partial charge in [0.1, 0.15) is 0 Å². The molecule has 0 saturated carbocycles. The first-order chi connectivity index (χ1) is 18.5. The molecular weight excluding hydrogens is 502 g/mol. The molecule has 1 aromatic carbocycles. The second-order valence-corrected chi connectivity index (χ2v) is 10.7. The van der Waals surface area contributed by atoms with E-state index in [-0.39, 0.29) is 24.4 Å². The van der Waals surface area contributed by atoms with Gasteiger partial charge in [0.05, 0.1) is 23.5 Å². The maximum absolute atomic E-state index is 13.1. The molecule has 38 heavy (non-hydrogen) atoms. The number of benzene rings is 1. The summed E-state index contributed by atoms with van der Waals surface area (Å²) >= 11 is 6.52. The zero-order valence-corrected chi connectivity index (χ0v) is 22.2. The lowest BCUT2D eigenvalue weighted by Gasteiger charge is -2.37. The van der Waals surface area contributed by atoms with Gasteiger partial charge in [0.25, 0.3) is 0 Å². The molecule has 9 heteroatoms. The molecule has 3 heterocycles. The highest BCUT2D eigenvalue weighted by atomic mass is 35.5. The lowest BCUT2D eigenvalue weighted by Crippen LogP contribution is -2.47. The third kappa shape index (κ3) is 6.42. The molecule has 0 radical (unpaired) electrons. The van der Waals surface area contributed by atoms with Crippen LogP contribution in [0.3, 0.4) is 0 Å². The average molecular weight is 536 g/mol. The molecule has 2 fully saturated rings. The number of halogens is 1. The van der Waals surface area contributed by atoms with Crippen molar-refractivity contribution in [2.75, 3.05) is 38.0 Å². The minimum absolute atomic E-state index is 0.0117. The molecular formula is C29H34ClN5O3. The van der Waals surface area contributed by atoms with Crippen LogP contribution in [0.2, 0.25) is 5.02 Å². The van der Waals surface area contributed by atoms with E-state index in [0.29, 0.717) is 42.8 Å². The first-order valence-corrected chi connectivity index (χ1v) is 13.8. The average Bonchev–Trinajstić information content (AvgIpc) is 2.95. The van der Waals surface area contributed by atoms with Crippen LogP contribution in [-0.2, 0) is 9.59 Å². The van der Waals surface area contributed by atoms with E-state index in [9.17, 15) is 9.59 Å². The SMILES string of the molecule is O=C(O)CN1CCC(C(=O)N2CCC(Nc3ncc(Cl)c(-c4cccc(C5=CCCC=C5)c4)n3)CC2)CC1. The molecule has 1 aliphatic carbocycles. The minimum atomic E-state index is -0.816. The van der Waals surface area contributed by atoms with E-state index in [2.05, 4.69) is 40.7 Å². The van der Waals surface area contributed by atoms with E-state index in [0.717, 1.165) is 49.7 Å². The molecule has 2 aromatic rings. The van der Waals surface area contributed by atoms with Crippen LogP contribution in [0.15, 0.2) is 48.7 Å². The van der Waals surface area contributed by atoms with Crippen LogP contribution in [-0.4, -0.2) is 75.5 Å². The number of anilines is 1. The van der Waals surface area contributed by atoms with Crippen molar-refractivity contribution in [2.45, 2.75) is 44.6 Å². The van der Waals surface area contributed by atoms with E-state index in [1.165, 1.54) is 5.57 Å². The number of aliphatic carboxylic acids is 1. The van der Waals surface area contributed by atoms with E-state index in [1.54, 1.807) is 6.20 Å². The van der Waals surface area contributed by atoms with Crippen LogP contribution in [0.25, 0.3) is 16.8 Å². The van der Waals surface area contributed by atoms with Crippen molar-refractivity contribution in [3.05, 3.63) is 59.3 Å². The number of carbonyl (C=O) groups is 2. The zero-order valence-electron chi connectivity index (χ0n) is 21.5. The number of likely N-dealkylation sites (tertiary alicyclic amines) is 2. The van der Waals surface area contributed by atoms with Gasteiger partial charge < -0.3 is 15.3 Å².